The Labute approximate surface area is 161 Å². The zero-order valence-electron chi connectivity index (χ0n) is 14.7. The first-order valence-corrected chi connectivity index (χ1v) is 10.0. The highest BCUT2D eigenvalue weighted by Gasteiger charge is 2.16. The molecule has 0 saturated carbocycles. The van der Waals surface area contributed by atoms with Gasteiger partial charge in [0.2, 0.25) is 5.91 Å². The molecule has 1 aromatic carbocycles. The summed E-state index contributed by atoms with van der Waals surface area (Å²) < 4.78 is 1.98. The first-order chi connectivity index (χ1) is 12.6. The van der Waals surface area contributed by atoms with Gasteiger partial charge in [0, 0.05) is 12.2 Å². The van der Waals surface area contributed by atoms with Crippen LogP contribution >= 0.6 is 23.1 Å². The highest BCUT2D eigenvalue weighted by molar-refractivity contribution is 7.99. The number of anilines is 1. The lowest BCUT2D eigenvalue weighted by Gasteiger charge is -2.10. The quantitative estimate of drug-likeness (QED) is 0.480. The summed E-state index contributed by atoms with van der Waals surface area (Å²) in [6.45, 7) is 8.44. The molecule has 5 nitrogen and oxygen atoms in total. The third-order valence-electron chi connectivity index (χ3n) is 3.98. The summed E-state index contributed by atoms with van der Waals surface area (Å²) in [5.41, 5.74) is 3.09. The Morgan fingerprint density at radius 3 is 2.88 bits per heavy atom. The number of aromatic nitrogens is 3. The van der Waals surface area contributed by atoms with Crippen LogP contribution in [-0.2, 0) is 11.3 Å². The second-order valence-corrected chi connectivity index (χ2v) is 7.66. The number of allylic oxidation sites excluding steroid dienone is 1. The van der Waals surface area contributed by atoms with E-state index in [1.165, 1.54) is 11.8 Å². The van der Waals surface area contributed by atoms with E-state index in [-0.39, 0.29) is 11.7 Å². The minimum Gasteiger partial charge on any atom is -0.325 e. The summed E-state index contributed by atoms with van der Waals surface area (Å²) >= 11 is 2.99. The number of carbonyl (C=O) groups is 1. The molecule has 1 amide bonds. The largest absolute Gasteiger partial charge is 0.325 e. The molecule has 0 aliphatic carbocycles. The number of benzene rings is 1. The lowest BCUT2D eigenvalue weighted by atomic mass is 10.1. The molecule has 0 bridgehead atoms. The van der Waals surface area contributed by atoms with E-state index in [0.717, 1.165) is 27.5 Å². The van der Waals surface area contributed by atoms with Gasteiger partial charge in [-0.2, -0.15) is 0 Å². The molecule has 0 atom stereocenters. The fourth-order valence-corrected chi connectivity index (χ4v) is 3.95. The van der Waals surface area contributed by atoms with Crippen LogP contribution in [0.5, 0.6) is 0 Å². The van der Waals surface area contributed by atoms with Crippen molar-refractivity contribution in [3.8, 4) is 10.7 Å². The van der Waals surface area contributed by atoms with Crippen molar-refractivity contribution in [3.63, 3.8) is 0 Å². The molecule has 0 saturated heterocycles. The first-order valence-electron chi connectivity index (χ1n) is 8.17. The Morgan fingerprint density at radius 1 is 1.31 bits per heavy atom. The zero-order chi connectivity index (χ0) is 18.5. The van der Waals surface area contributed by atoms with E-state index in [1.807, 2.05) is 54.1 Å². The molecule has 2 heterocycles. The number of amides is 1. The van der Waals surface area contributed by atoms with E-state index in [9.17, 15) is 4.79 Å². The van der Waals surface area contributed by atoms with E-state index in [4.69, 9.17) is 0 Å². The van der Waals surface area contributed by atoms with E-state index in [0.29, 0.717) is 11.7 Å². The average Bonchev–Trinajstić information content (AvgIpc) is 3.27. The molecular weight excluding hydrogens is 364 g/mol. The Bertz CT molecular complexity index is 916. The van der Waals surface area contributed by atoms with Gasteiger partial charge in [0.15, 0.2) is 11.0 Å². The fourth-order valence-electron chi connectivity index (χ4n) is 2.48. The number of thiophene rings is 1. The number of nitrogens with zero attached hydrogens (tertiary/aromatic N) is 3. The number of carbonyl (C=O) groups excluding carboxylic acids is 1. The van der Waals surface area contributed by atoms with Crippen molar-refractivity contribution in [1.82, 2.24) is 14.8 Å². The van der Waals surface area contributed by atoms with Gasteiger partial charge >= 0.3 is 0 Å². The van der Waals surface area contributed by atoms with Crippen LogP contribution in [0.2, 0.25) is 0 Å². The molecule has 7 heteroatoms. The van der Waals surface area contributed by atoms with E-state index in [2.05, 4.69) is 22.1 Å². The van der Waals surface area contributed by atoms with Gasteiger partial charge in [-0.05, 0) is 42.5 Å². The lowest BCUT2D eigenvalue weighted by Crippen LogP contribution is -2.15. The molecule has 3 aromatic rings. The fraction of sp³-hybridized carbons (Fsp3) is 0.211. The van der Waals surface area contributed by atoms with Gasteiger partial charge in [0.25, 0.3) is 0 Å². The lowest BCUT2D eigenvalue weighted by molar-refractivity contribution is -0.113. The summed E-state index contributed by atoms with van der Waals surface area (Å²) in [7, 11) is 0. The molecular formula is C19H20N4OS2. The highest BCUT2D eigenvalue weighted by atomic mass is 32.2. The van der Waals surface area contributed by atoms with Crippen LogP contribution in [0.15, 0.2) is 53.5 Å². The zero-order valence-corrected chi connectivity index (χ0v) is 16.4. The maximum Gasteiger partial charge on any atom is 0.234 e. The Hall–Kier alpha value is -2.38. The van der Waals surface area contributed by atoms with Crippen molar-refractivity contribution in [2.45, 2.75) is 25.5 Å². The molecule has 0 radical (unpaired) electrons. The van der Waals surface area contributed by atoms with Gasteiger partial charge in [-0.15, -0.1) is 28.1 Å². The van der Waals surface area contributed by atoms with Gasteiger partial charge in [-0.1, -0.05) is 36.0 Å². The average molecular weight is 385 g/mol. The molecule has 26 heavy (non-hydrogen) atoms. The maximum absolute atomic E-state index is 12.3. The molecule has 0 unspecified atom stereocenters. The monoisotopic (exact) mass is 384 g/mol. The molecule has 0 fully saturated rings. The summed E-state index contributed by atoms with van der Waals surface area (Å²) in [5.74, 6) is 1.01. The summed E-state index contributed by atoms with van der Waals surface area (Å²) in [6, 6.07) is 9.88. The SMILES string of the molecule is C=CCn1c(SCC(=O)Nc2cccc(C)c2C)nnc1-c1cccs1. The molecule has 0 aliphatic heterocycles. The molecule has 1 N–H and O–H groups in total. The third kappa shape index (κ3) is 4.05. The number of nitrogens with one attached hydrogen (secondary N) is 1. The van der Waals surface area contributed by atoms with Crippen LogP contribution in [-0.4, -0.2) is 26.4 Å². The smallest absolute Gasteiger partial charge is 0.234 e. The third-order valence-corrected chi connectivity index (χ3v) is 5.81. The minimum absolute atomic E-state index is 0.0606. The van der Waals surface area contributed by atoms with Crippen LogP contribution in [0.25, 0.3) is 10.7 Å². The summed E-state index contributed by atoms with van der Waals surface area (Å²) in [4.78, 5) is 13.4. The number of aryl methyl sites for hydroxylation is 1. The maximum atomic E-state index is 12.3. The summed E-state index contributed by atoms with van der Waals surface area (Å²) in [6.07, 6.45) is 1.81. The van der Waals surface area contributed by atoms with Gasteiger partial charge in [-0.3, -0.25) is 9.36 Å². The van der Waals surface area contributed by atoms with Crippen molar-refractivity contribution in [3.05, 3.63) is 59.5 Å². The molecule has 3 rings (SSSR count). The predicted octanol–water partition coefficient (Wildman–Crippen LogP) is 4.54. The van der Waals surface area contributed by atoms with E-state index < -0.39 is 0 Å². The van der Waals surface area contributed by atoms with Crippen molar-refractivity contribution < 1.29 is 4.79 Å². The van der Waals surface area contributed by atoms with Crippen molar-refractivity contribution in [2.24, 2.45) is 0 Å². The topological polar surface area (TPSA) is 59.8 Å². The molecule has 0 aliphatic rings. The molecule has 2 aromatic heterocycles. The first kappa shape index (κ1) is 18.4. The Balaban J connectivity index is 1.70. The highest BCUT2D eigenvalue weighted by Crippen LogP contribution is 2.27. The van der Waals surface area contributed by atoms with Crippen LogP contribution < -0.4 is 5.32 Å². The van der Waals surface area contributed by atoms with Crippen LogP contribution in [0, 0.1) is 13.8 Å². The molecule has 134 valence electrons. The van der Waals surface area contributed by atoms with Crippen molar-refractivity contribution in [2.75, 3.05) is 11.1 Å². The van der Waals surface area contributed by atoms with Crippen LogP contribution in [0.1, 0.15) is 11.1 Å². The van der Waals surface area contributed by atoms with Crippen LogP contribution in [0.3, 0.4) is 0 Å². The Kier molecular flexibility index (Phi) is 5.90. The normalized spacial score (nSPS) is 10.7. The second-order valence-electron chi connectivity index (χ2n) is 5.77. The van der Waals surface area contributed by atoms with E-state index in [1.54, 1.807) is 17.4 Å². The number of hydrogen-bond donors (Lipinski definition) is 1. The van der Waals surface area contributed by atoms with Gasteiger partial charge in [0.05, 0.1) is 10.6 Å². The standard InChI is InChI=1S/C19H20N4OS2/c1-4-10-23-18(16-9-6-11-25-16)21-22-19(23)26-12-17(24)20-15-8-5-7-13(2)14(15)3/h4-9,11H,1,10,12H2,2-3H3,(H,20,24). The van der Waals surface area contributed by atoms with Crippen LogP contribution in [0.4, 0.5) is 5.69 Å². The second kappa shape index (κ2) is 8.33. The van der Waals surface area contributed by atoms with Crippen molar-refractivity contribution >= 4 is 34.7 Å². The Morgan fingerprint density at radius 2 is 2.15 bits per heavy atom. The predicted molar refractivity (Wildman–Crippen MR) is 109 cm³/mol. The number of rotatable bonds is 7. The van der Waals surface area contributed by atoms with Gasteiger partial charge in [-0.25, -0.2) is 0 Å². The van der Waals surface area contributed by atoms with E-state index >= 15 is 0 Å². The van der Waals surface area contributed by atoms with Gasteiger partial charge in [0.1, 0.15) is 0 Å². The summed E-state index contributed by atoms with van der Waals surface area (Å²) in [5, 5.41) is 14.2. The van der Waals surface area contributed by atoms with Gasteiger partial charge < -0.3 is 5.32 Å². The number of thioether (sulfide) groups is 1. The molecule has 0 spiro atoms. The van der Waals surface area contributed by atoms with Crippen molar-refractivity contribution in [1.29, 1.82) is 0 Å². The number of hydrogen-bond acceptors (Lipinski definition) is 5. The minimum atomic E-state index is -0.0606.